The number of anilines is 2. The third-order valence-corrected chi connectivity index (χ3v) is 4.53. The molecule has 0 spiro atoms. The predicted molar refractivity (Wildman–Crippen MR) is 101 cm³/mol. The second-order valence-corrected chi connectivity index (χ2v) is 6.28. The Morgan fingerprint density at radius 1 is 1.12 bits per heavy atom. The van der Waals surface area contributed by atoms with Crippen LogP contribution in [0.25, 0.3) is 0 Å². The van der Waals surface area contributed by atoms with Gasteiger partial charge in [0.25, 0.3) is 5.91 Å². The monoisotopic (exact) mass is 374 g/mol. The van der Waals surface area contributed by atoms with Crippen molar-refractivity contribution < 1.29 is 19.1 Å². The minimum absolute atomic E-state index is 0.0714. The molecule has 0 bridgehead atoms. The SMILES string of the molecule is COc1cc(OC)cc(C(=O)Nc2cc(N3CCCC3=O)ccc2Cl)c1. The van der Waals surface area contributed by atoms with Crippen molar-refractivity contribution in [2.24, 2.45) is 0 Å². The normalized spacial score (nSPS) is 13.7. The molecule has 0 radical (unpaired) electrons. The topological polar surface area (TPSA) is 67.9 Å². The van der Waals surface area contributed by atoms with Crippen molar-refractivity contribution in [2.75, 3.05) is 31.0 Å². The number of halogens is 1. The molecule has 0 aromatic heterocycles. The molecule has 0 saturated carbocycles. The molecule has 1 aliphatic heterocycles. The van der Waals surface area contributed by atoms with Crippen molar-refractivity contribution in [1.82, 2.24) is 0 Å². The average molecular weight is 375 g/mol. The second kappa shape index (κ2) is 7.66. The molecule has 1 N–H and O–H groups in total. The maximum absolute atomic E-state index is 12.6. The number of hydrogen-bond donors (Lipinski definition) is 1. The fraction of sp³-hybridized carbons (Fsp3) is 0.263. The van der Waals surface area contributed by atoms with Crippen molar-refractivity contribution in [3.05, 3.63) is 47.0 Å². The van der Waals surface area contributed by atoms with Gasteiger partial charge in [0, 0.05) is 30.3 Å². The van der Waals surface area contributed by atoms with Gasteiger partial charge in [0.15, 0.2) is 0 Å². The number of nitrogens with zero attached hydrogens (tertiary/aromatic N) is 1. The number of benzene rings is 2. The van der Waals surface area contributed by atoms with Crippen LogP contribution in [0, 0.1) is 0 Å². The summed E-state index contributed by atoms with van der Waals surface area (Å²) in [5.74, 6) is 0.741. The van der Waals surface area contributed by atoms with E-state index < -0.39 is 0 Å². The number of methoxy groups -OCH3 is 2. The number of hydrogen-bond acceptors (Lipinski definition) is 4. The van der Waals surface area contributed by atoms with E-state index in [1.165, 1.54) is 14.2 Å². The molecule has 1 saturated heterocycles. The zero-order valence-electron chi connectivity index (χ0n) is 14.5. The quantitative estimate of drug-likeness (QED) is 0.865. The van der Waals surface area contributed by atoms with Crippen molar-refractivity contribution in [1.29, 1.82) is 0 Å². The molecule has 3 rings (SSSR count). The smallest absolute Gasteiger partial charge is 0.255 e. The molecule has 1 heterocycles. The Kier molecular flexibility index (Phi) is 5.32. The summed E-state index contributed by atoms with van der Waals surface area (Å²) >= 11 is 6.22. The van der Waals surface area contributed by atoms with Gasteiger partial charge in [0.05, 0.1) is 24.9 Å². The highest BCUT2D eigenvalue weighted by Crippen LogP contribution is 2.31. The summed E-state index contributed by atoms with van der Waals surface area (Å²) in [5, 5.41) is 3.18. The molecule has 0 aliphatic carbocycles. The van der Waals surface area contributed by atoms with Gasteiger partial charge in [0.1, 0.15) is 11.5 Å². The van der Waals surface area contributed by atoms with E-state index >= 15 is 0 Å². The van der Waals surface area contributed by atoms with E-state index in [0.29, 0.717) is 40.7 Å². The summed E-state index contributed by atoms with van der Waals surface area (Å²) in [4.78, 5) is 26.3. The molecule has 136 valence electrons. The van der Waals surface area contributed by atoms with E-state index in [1.807, 2.05) is 0 Å². The molecule has 1 fully saturated rings. The lowest BCUT2D eigenvalue weighted by Gasteiger charge is -2.18. The molecule has 2 aromatic carbocycles. The van der Waals surface area contributed by atoms with Crippen molar-refractivity contribution in [2.45, 2.75) is 12.8 Å². The standard InChI is InChI=1S/C19H19ClN2O4/c1-25-14-8-12(9-15(11-14)26-2)19(24)21-17-10-13(5-6-16(17)20)22-7-3-4-18(22)23/h5-6,8-11H,3-4,7H2,1-2H3,(H,21,24). The van der Waals surface area contributed by atoms with Crippen molar-refractivity contribution >= 4 is 34.8 Å². The van der Waals surface area contributed by atoms with E-state index in [2.05, 4.69) is 5.32 Å². The molecule has 0 atom stereocenters. The zero-order valence-corrected chi connectivity index (χ0v) is 15.3. The van der Waals surface area contributed by atoms with E-state index in [9.17, 15) is 9.59 Å². The van der Waals surface area contributed by atoms with E-state index in [0.717, 1.165) is 12.1 Å². The Bertz CT molecular complexity index is 831. The molecule has 0 unspecified atom stereocenters. The Balaban J connectivity index is 1.86. The first kappa shape index (κ1) is 18.1. The minimum Gasteiger partial charge on any atom is -0.497 e. The van der Waals surface area contributed by atoms with Crippen LogP contribution in [0.5, 0.6) is 11.5 Å². The molecular weight excluding hydrogens is 356 g/mol. The van der Waals surface area contributed by atoms with Gasteiger partial charge in [-0.05, 0) is 36.8 Å². The van der Waals surface area contributed by atoms with Gasteiger partial charge in [-0.3, -0.25) is 9.59 Å². The Hall–Kier alpha value is -2.73. The fourth-order valence-electron chi connectivity index (χ4n) is 2.83. The Morgan fingerprint density at radius 3 is 2.38 bits per heavy atom. The highest BCUT2D eigenvalue weighted by Gasteiger charge is 2.22. The molecule has 7 heteroatoms. The molecular formula is C19H19ClN2O4. The molecule has 6 nitrogen and oxygen atoms in total. The van der Waals surface area contributed by atoms with Crippen LogP contribution in [0.2, 0.25) is 5.02 Å². The van der Waals surface area contributed by atoms with E-state index in [-0.39, 0.29) is 11.8 Å². The number of carbonyl (C=O) groups excluding carboxylic acids is 2. The molecule has 2 amide bonds. The van der Waals surface area contributed by atoms with Crippen LogP contribution in [0.1, 0.15) is 23.2 Å². The first-order valence-corrected chi connectivity index (χ1v) is 8.54. The second-order valence-electron chi connectivity index (χ2n) is 5.87. The average Bonchev–Trinajstić information content (AvgIpc) is 3.08. The summed E-state index contributed by atoms with van der Waals surface area (Å²) in [5.41, 5.74) is 1.53. The summed E-state index contributed by atoms with van der Waals surface area (Å²) in [7, 11) is 3.04. The van der Waals surface area contributed by atoms with Gasteiger partial charge >= 0.3 is 0 Å². The number of nitrogens with one attached hydrogen (secondary N) is 1. The Labute approximate surface area is 156 Å². The lowest BCUT2D eigenvalue weighted by atomic mass is 10.1. The van der Waals surface area contributed by atoms with E-state index in [4.69, 9.17) is 21.1 Å². The molecule has 1 aliphatic rings. The lowest BCUT2D eigenvalue weighted by molar-refractivity contribution is -0.117. The van der Waals surface area contributed by atoms with Crippen molar-refractivity contribution in [3.8, 4) is 11.5 Å². The van der Waals surface area contributed by atoms with Gasteiger partial charge in [-0.1, -0.05) is 11.6 Å². The summed E-state index contributed by atoms with van der Waals surface area (Å²) in [6.45, 7) is 0.668. The van der Waals surface area contributed by atoms with Crippen LogP contribution in [0.3, 0.4) is 0 Å². The highest BCUT2D eigenvalue weighted by molar-refractivity contribution is 6.34. The zero-order chi connectivity index (χ0) is 18.7. The Morgan fingerprint density at radius 2 is 1.81 bits per heavy atom. The summed E-state index contributed by atoms with van der Waals surface area (Å²) < 4.78 is 10.4. The molecule has 26 heavy (non-hydrogen) atoms. The van der Waals surface area contributed by atoms with Gasteiger partial charge in [-0.2, -0.15) is 0 Å². The molecule has 2 aromatic rings. The number of carbonyl (C=O) groups is 2. The maximum atomic E-state index is 12.6. The third-order valence-electron chi connectivity index (χ3n) is 4.20. The number of ether oxygens (including phenoxy) is 2. The van der Waals surface area contributed by atoms with E-state index in [1.54, 1.807) is 41.3 Å². The first-order valence-electron chi connectivity index (χ1n) is 8.16. The van der Waals surface area contributed by atoms with Crippen LogP contribution < -0.4 is 19.7 Å². The largest absolute Gasteiger partial charge is 0.497 e. The minimum atomic E-state index is -0.353. The van der Waals surface area contributed by atoms with Gasteiger partial charge in [-0.25, -0.2) is 0 Å². The van der Waals surface area contributed by atoms with Crippen molar-refractivity contribution in [3.63, 3.8) is 0 Å². The predicted octanol–water partition coefficient (Wildman–Crippen LogP) is 3.74. The summed E-state index contributed by atoms with van der Waals surface area (Å²) in [6, 6.07) is 10.1. The van der Waals surface area contributed by atoms with Gasteiger partial charge < -0.3 is 19.7 Å². The highest BCUT2D eigenvalue weighted by atomic mass is 35.5. The van der Waals surface area contributed by atoms with Crippen LogP contribution in [-0.2, 0) is 4.79 Å². The van der Waals surface area contributed by atoms with Crippen LogP contribution >= 0.6 is 11.6 Å². The first-order chi connectivity index (χ1) is 12.5. The summed E-state index contributed by atoms with van der Waals surface area (Å²) in [6.07, 6.45) is 1.36. The van der Waals surface area contributed by atoms with Crippen LogP contribution in [-0.4, -0.2) is 32.6 Å². The van der Waals surface area contributed by atoms with Crippen LogP contribution in [0.15, 0.2) is 36.4 Å². The number of amides is 2. The van der Waals surface area contributed by atoms with Gasteiger partial charge in [0.2, 0.25) is 5.91 Å². The van der Waals surface area contributed by atoms with Crippen LogP contribution in [0.4, 0.5) is 11.4 Å². The third kappa shape index (κ3) is 3.75. The maximum Gasteiger partial charge on any atom is 0.255 e. The fourth-order valence-corrected chi connectivity index (χ4v) is 3.00. The van der Waals surface area contributed by atoms with Gasteiger partial charge in [-0.15, -0.1) is 0 Å². The number of rotatable bonds is 5. The lowest BCUT2D eigenvalue weighted by Crippen LogP contribution is -2.23.